The lowest BCUT2D eigenvalue weighted by molar-refractivity contribution is 0.149. The van der Waals surface area contributed by atoms with Gasteiger partial charge < -0.3 is 15.2 Å². The molecule has 2 aromatic carbocycles. The molecule has 4 rings (SSSR count). The third-order valence-corrected chi connectivity index (χ3v) is 6.08. The van der Waals surface area contributed by atoms with Gasteiger partial charge in [-0.05, 0) is 41.3 Å². The Morgan fingerprint density at radius 3 is 2.69 bits per heavy atom. The molecule has 0 aliphatic carbocycles. The Labute approximate surface area is 171 Å². The van der Waals surface area contributed by atoms with Crippen LogP contribution in [0.4, 0.5) is 4.39 Å². The van der Waals surface area contributed by atoms with Crippen LogP contribution in [0.2, 0.25) is 0 Å². The lowest BCUT2D eigenvalue weighted by Crippen LogP contribution is -2.31. The number of likely N-dealkylation sites (tertiary alicyclic amines) is 1. The van der Waals surface area contributed by atoms with Crippen molar-refractivity contribution in [3.63, 3.8) is 0 Å². The standard InChI is InChI=1S/C24H29FN2O2/c1-24(2,15-25)19-5-3-4-16(9-19)17-6-7-23-18(8-17)10-20(26-23)12-27-13-22(29)11-21(27)14-28/h3-10,21-22,26,28-29H,11-15H2,1-2H3. The van der Waals surface area contributed by atoms with E-state index in [1.807, 2.05) is 26.0 Å². The summed E-state index contributed by atoms with van der Waals surface area (Å²) in [6, 6.07) is 16.6. The van der Waals surface area contributed by atoms with Crippen LogP contribution in [0, 0.1) is 0 Å². The molecule has 3 N–H and O–H groups in total. The Balaban J connectivity index is 1.60. The molecule has 0 bridgehead atoms. The van der Waals surface area contributed by atoms with E-state index < -0.39 is 12.1 Å². The topological polar surface area (TPSA) is 59.5 Å². The van der Waals surface area contributed by atoms with Crippen molar-refractivity contribution in [2.75, 3.05) is 19.8 Å². The third kappa shape index (κ3) is 4.08. The molecular formula is C24H29FN2O2. The van der Waals surface area contributed by atoms with Gasteiger partial charge in [0.1, 0.15) is 0 Å². The van der Waals surface area contributed by atoms with Crippen molar-refractivity contribution in [3.05, 3.63) is 59.8 Å². The third-order valence-electron chi connectivity index (χ3n) is 6.08. The largest absolute Gasteiger partial charge is 0.395 e. The highest BCUT2D eigenvalue weighted by atomic mass is 19.1. The number of aromatic amines is 1. The van der Waals surface area contributed by atoms with Crippen LogP contribution in [0.25, 0.3) is 22.0 Å². The fraction of sp³-hybridized carbons (Fsp3) is 0.417. The van der Waals surface area contributed by atoms with E-state index >= 15 is 0 Å². The maximum atomic E-state index is 13.4. The van der Waals surface area contributed by atoms with Gasteiger partial charge in [-0.2, -0.15) is 0 Å². The summed E-state index contributed by atoms with van der Waals surface area (Å²) >= 11 is 0. The molecule has 3 aromatic rings. The molecule has 2 unspecified atom stereocenters. The number of nitrogens with zero attached hydrogens (tertiary/aromatic N) is 1. The van der Waals surface area contributed by atoms with Crippen molar-refractivity contribution in [1.82, 2.24) is 9.88 Å². The Hall–Kier alpha value is -2.21. The summed E-state index contributed by atoms with van der Waals surface area (Å²) in [6.45, 7) is 4.77. The van der Waals surface area contributed by atoms with Gasteiger partial charge in [-0.15, -0.1) is 0 Å². The summed E-state index contributed by atoms with van der Waals surface area (Å²) in [5.74, 6) is 0. The molecule has 0 saturated carbocycles. The average Bonchev–Trinajstić information content (AvgIpc) is 3.29. The lowest BCUT2D eigenvalue weighted by Gasteiger charge is -2.21. The molecule has 5 heteroatoms. The lowest BCUT2D eigenvalue weighted by atomic mass is 9.84. The number of hydrogen-bond acceptors (Lipinski definition) is 3. The first-order valence-corrected chi connectivity index (χ1v) is 10.2. The smallest absolute Gasteiger partial charge is 0.0985 e. The van der Waals surface area contributed by atoms with E-state index in [1.165, 1.54) is 0 Å². The highest BCUT2D eigenvalue weighted by Gasteiger charge is 2.30. The zero-order valence-electron chi connectivity index (χ0n) is 17.0. The number of β-amino-alcohol motifs (C(OH)–C–C–N with tert-alkyl or cyclic N) is 1. The van der Waals surface area contributed by atoms with E-state index in [0.717, 1.165) is 33.3 Å². The molecule has 0 radical (unpaired) electrons. The summed E-state index contributed by atoms with van der Waals surface area (Å²) in [5, 5.41) is 20.6. The molecule has 1 aliphatic heterocycles. The van der Waals surface area contributed by atoms with Gasteiger partial charge in [0.05, 0.1) is 19.4 Å². The van der Waals surface area contributed by atoms with Crippen LogP contribution in [0.1, 0.15) is 31.5 Å². The van der Waals surface area contributed by atoms with Gasteiger partial charge in [0.15, 0.2) is 0 Å². The van der Waals surface area contributed by atoms with Crippen LogP contribution in [-0.4, -0.2) is 52.1 Å². The molecule has 1 fully saturated rings. The zero-order chi connectivity index (χ0) is 20.6. The van der Waals surface area contributed by atoms with E-state index in [0.29, 0.717) is 19.5 Å². The molecule has 0 spiro atoms. The van der Waals surface area contributed by atoms with Crippen molar-refractivity contribution in [3.8, 4) is 11.1 Å². The molecule has 1 saturated heterocycles. The molecule has 29 heavy (non-hydrogen) atoms. The average molecular weight is 397 g/mol. The van der Waals surface area contributed by atoms with Crippen molar-refractivity contribution >= 4 is 10.9 Å². The Morgan fingerprint density at radius 1 is 1.14 bits per heavy atom. The SMILES string of the molecule is CC(C)(CF)c1cccc(-c2ccc3[nH]c(CN4CC(O)CC4CO)cc3c2)c1. The number of aliphatic hydroxyl groups is 2. The van der Waals surface area contributed by atoms with Crippen molar-refractivity contribution in [2.24, 2.45) is 0 Å². The summed E-state index contributed by atoms with van der Waals surface area (Å²) < 4.78 is 13.4. The van der Waals surface area contributed by atoms with Crippen molar-refractivity contribution in [2.45, 2.75) is 44.4 Å². The Morgan fingerprint density at radius 2 is 1.93 bits per heavy atom. The number of nitrogens with one attached hydrogen (secondary N) is 1. The maximum Gasteiger partial charge on any atom is 0.0985 e. The minimum absolute atomic E-state index is 0.00794. The van der Waals surface area contributed by atoms with E-state index in [2.05, 4.69) is 46.3 Å². The first-order chi connectivity index (χ1) is 13.9. The van der Waals surface area contributed by atoms with E-state index in [1.54, 1.807) is 0 Å². The van der Waals surface area contributed by atoms with Gasteiger partial charge in [0, 0.05) is 41.1 Å². The predicted octanol–water partition coefficient (Wildman–Crippen LogP) is 4.01. The summed E-state index contributed by atoms with van der Waals surface area (Å²) in [7, 11) is 0. The minimum Gasteiger partial charge on any atom is -0.395 e. The number of benzene rings is 2. The fourth-order valence-corrected chi connectivity index (χ4v) is 4.21. The van der Waals surface area contributed by atoms with Crippen molar-refractivity contribution < 1.29 is 14.6 Å². The second-order valence-corrected chi connectivity index (χ2v) is 8.85. The molecule has 1 aromatic heterocycles. The number of aliphatic hydroxyl groups excluding tert-OH is 2. The fourth-order valence-electron chi connectivity index (χ4n) is 4.21. The number of rotatable bonds is 6. The monoisotopic (exact) mass is 396 g/mol. The quantitative estimate of drug-likeness (QED) is 0.590. The van der Waals surface area contributed by atoms with Crippen LogP contribution in [0.3, 0.4) is 0 Å². The van der Waals surface area contributed by atoms with Gasteiger partial charge in [0.25, 0.3) is 0 Å². The maximum absolute atomic E-state index is 13.4. The van der Waals surface area contributed by atoms with Gasteiger partial charge in [-0.3, -0.25) is 9.29 Å². The second-order valence-electron chi connectivity index (χ2n) is 8.85. The number of fused-ring (bicyclic) bond motifs is 1. The van der Waals surface area contributed by atoms with Crippen LogP contribution >= 0.6 is 0 Å². The molecule has 0 amide bonds. The number of hydrogen-bond donors (Lipinski definition) is 3. The number of alkyl halides is 1. The predicted molar refractivity (Wildman–Crippen MR) is 115 cm³/mol. The summed E-state index contributed by atoms with van der Waals surface area (Å²) in [4.78, 5) is 5.57. The first-order valence-electron chi connectivity index (χ1n) is 10.2. The van der Waals surface area contributed by atoms with E-state index in [-0.39, 0.29) is 18.8 Å². The van der Waals surface area contributed by atoms with E-state index in [9.17, 15) is 14.6 Å². The second kappa shape index (κ2) is 7.90. The number of aromatic nitrogens is 1. The van der Waals surface area contributed by atoms with Crippen LogP contribution in [0.5, 0.6) is 0 Å². The molecule has 154 valence electrons. The van der Waals surface area contributed by atoms with Crippen LogP contribution < -0.4 is 0 Å². The minimum atomic E-state index is -0.495. The van der Waals surface area contributed by atoms with Gasteiger partial charge in [0.2, 0.25) is 0 Å². The Bertz CT molecular complexity index is 997. The van der Waals surface area contributed by atoms with Gasteiger partial charge in [-0.1, -0.05) is 44.2 Å². The normalized spacial score (nSPS) is 20.6. The molecule has 2 heterocycles. The van der Waals surface area contributed by atoms with Crippen molar-refractivity contribution in [1.29, 1.82) is 0 Å². The van der Waals surface area contributed by atoms with E-state index in [4.69, 9.17) is 0 Å². The van der Waals surface area contributed by atoms with Gasteiger partial charge >= 0.3 is 0 Å². The zero-order valence-corrected chi connectivity index (χ0v) is 17.0. The highest BCUT2D eigenvalue weighted by Crippen LogP contribution is 2.30. The molecule has 1 aliphatic rings. The molecular weight excluding hydrogens is 367 g/mol. The van der Waals surface area contributed by atoms with Crippen LogP contribution in [0.15, 0.2) is 48.5 Å². The molecule has 2 atom stereocenters. The summed E-state index contributed by atoms with van der Waals surface area (Å²) in [6.07, 6.45) is 0.246. The van der Waals surface area contributed by atoms with Crippen LogP contribution in [-0.2, 0) is 12.0 Å². The molecule has 4 nitrogen and oxygen atoms in total. The van der Waals surface area contributed by atoms with Gasteiger partial charge in [-0.25, -0.2) is 0 Å². The number of H-pyrrole nitrogens is 1. The first kappa shape index (κ1) is 20.1. The highest BCUT2D eigenvalue weighted by molar-refractivity contribution is 5.86. The Kier molecular flexibility index (Phi) is 5.47. The number of halogens is 1. The summed E-state index contributed by atoms with van der Waals surface area (Å²) in [5.41, 5.74) is 4.81.